The highest BCUT2D eigenvalue weighted by Gasteiger charge is 2.25. The summed E-state index contributed by atoms with van der Waals surface area (Å²) in [5, 5.41) is 11.7. The normalized spacial score (nSPS) is 15.0. The number of hydrogen-bond acceptors (Lipinski definition) is 3. The van der Waals surface area contributed by atoms with Crippen LogP contribution in [0.2, 0.25) is 0 Å². The maximum absolute atomic E-state index is 12.1. The van der Waals surface area contributed by atoms with E-state index in [4.69, 9.17) is 5.11 Å². The average molecular weight is 286 g/mol. The summed E-state index contributed by atoms with van der Waals surface area (Å²) < 4.78 is 0. The summed E-state index contributed by atoms with van der Waals surface area (Å²) in [5.74, 6) is 6.41. The molecule has 1 fully saturated rings. The molecule has 1 unspecified atom stereocenters. The van der Waals surface area contributed by atoms with Crippen molar-refractivity contribution in [2.24, 2.45) is 5.92 Å². The highest BCUT2D eigenvalue weighted by molar-refractivity contribution is 5.92. The van der Waals surface area contributed by atoms with Gasteiger partial charge in [0, 0.05) is 24.2 Å². The molecule has 1 aliphatic carbocycles. The summed E-state index contributed by atoms with van der Waals surface area (Å²) in [4.78, 5) is 16.3. The van der Waals surface area contributed by atoms with Crippen LogP contribution in [0.15, 0.2) is 18.3 Å². The van der Waals surface area contributed by atoms with Crippen LogP contribution in [0.4, 0.5) is 0 Å². The number of aliphatic hydroxyl groups excluding tert-OH is 1. The number of nitrogens with one attached hydrogen (secondary N) is 1. The lowest BCUT2D eigenvalue weighted by Gasteiger charge is -2.16. The van der Waals surface area contributed by atoms with E-state index in [1.54, 1.807) is 18.3 Å². The van der Waals surface area contributed by atoms with Crippen LogP contribution < -0.4 is 5.32 Å². The topological polar surface area (TPSA) is 62.2 Å². The molecule has 0 aliphatic heterocycles. The van der Waals surface area contributed by atoms with Crippen molar-refractivity contribution in [3.05, 3.63) is 29.6 Å². The first-order chi connectivity index (χ1) is 10.2. The van der Waals surface area contributed by atoms with Crippen LogP contribution in [0.25, 0.3) is 0 Å². The van der Waals surface area contributed by atoms with Crippen molar-refractivity contribution < 1.29 is 9.90 Å². The monoisotopic (exact) mass is 286 g/mol. The van der Waals surface area contributed by atoms with Crippen molar-refractivity contribution >= 4 is 5.91 Å². The zero-order valence-corrected chi connectivity index (χ0v) is 12.4. The minimum Gasteiger partial charge on any atom is -0.395 e. The molecule has 0 radical (unpaired) electrons. The molecule has 0 saturated heterocycles. The average Bonchev–Trinajstić information content (AvgIpc) is 3.31. The standard InChI is InChI=1S/C17H22N2O2/c1-2-15(11-13-6-7-13)19-17(21)16-9-8-14(12-18-16)5-3-4-10-20/h8-9,12-13,15,20H,2,4,6-7,10-11H2,1H3,(H,19,21). The van der Waals surface area contributed by atoms with Gasteiger partial charge < -0.3 is 10.4 Å². The van der Waals surface area contributed by atoms with Gasteiger partial charge in [-0.05, 0) is 30.9 Å². The second-order valence-corrected chi connectivity index (χ2v) is 5.47. The Hall–Kier alpha value is -1.86. The molecule has 1 aromatic heterocycles. The number of nitrogens with zero attached hydrogens (tertiary/aromatic N) is 1. The van der Waals surface area contributed by atoms with Crippen LogP contribution in [-0.4, -0.2) is 28.6 Å². The van der Waals surface area contributed by atoms with Gasteiger partial charge in [0.1, 0.15) is 5.69 Å². The van der Waals surface area contributed by atoms with Gasteiger partial charge in [-0.15, -0.1) is 0 Å². The van der Waals surface area contributed by atoms with Gasteiger partial charge in [0.15, 0.2) is 0 Å². The molecule has 1 saturated carbocycles. The number of aromatic nitrogens is 1. The molecule has 1 aromatic rings. The van der Waals surface area contributed by atoms with E-state index in [2.05, 4.69) is 29.1 Å². The Labute approximate surface area is 126 Å². The third-order valence-electron chi connectivity index (χ3n) is 3.61. The zero-order valence-electron chi connectivity index (χ0n) is 12.4. The Morgan fingerprint density at radius 2 is 2.33 bits per heavy atom. The third kappa shape index (κ3) is 5.20. The van der Waals surface area contributed by atoms with Crippen molar-refractivity contribution in [1.82, 2.24) is 10.3 Å². The molecule has 112 valence electrons. The van der Waals surface area contributed by atoms with E-state index < -0.39 is 0 Å². The van der Waals surface area contributed by atoms with E-state index in [1.165, 1.54) is 12.8 Å². The molecule has 1 aliphatic rings. The van der Waals surface area contributed by atoms with E-state index in [0.29, 0.717) is 12.1 Å². The number of rotatable bonds is 6. The van der Waals surface area contributed by atoms with E-state index in [0.717, 1.165) is 24.3 Å². The first-order valence-corrected chi connectivity index (χ1v) is 7.59. The quantitative estimate of drug-likeness (QED) is 0.787. The van der Waals surface area contributed by atoms with Crippen LogP contribution in [0.3, 0.4) is 0 Å². The maximum Gasteiger partial charge on any atom is 0.270 e. The van der Waals surface area contributed by atoms with Crippen molar-refractivity contribution in [2.75, 3.05) is 6.61 Å². The smallest absolute Gasteiger partial charge is 0.270 e. The highest BCUT2D eigenvalue weighted by atomic mass is 16.2. The van der Waals surface area contributed by atoms with Gasteiger partial charge in [0.25, 0.3) is 5.91 Å². The molecule has 4 nitrogen and oxygen atoms in total. The van der Waals surface area contributed by atoms with Gasteiger partial charge in [-0.3, -0.25) is 4.79 Å². The lowest BCUT2D eigenvalue weighted by atomic mass is 10.1. The zero-order chi connectivity index (χ0) is 15.1. The van der Waals surface area contributed by atoms with Gasteiger partial charge >= 0.3 is 0 Å². The Bertz CT molecular complexity index is 524. The Kier molecular flexibility index (Phi) is 5.77. The lowest BCUT2D eigenvalue weighted by molar-refractivity contribution is 0.0927. The third-order valence-corrected chi connectivity index (χ3v) is 3.61. The van der Waals surface area contributed by atoms with Gasteiger partial charge in [-0.1, -0.05) is 31.6 Å². The van der Waals surface area contributed by atoms with E-state index in [-0.39, 0.29) is 18.6 Å². The SMILES string of the molecule is CCC(CC1CC1)NC(=O)c1ccc(C#CCCO)cn1. The number of carbonyl (C=O) groups excluding carboxylic acids is 1. The Morgan fingerprint density at radius 3 is 2.90 bits per heavy atom. The Balaban J connectivity index is 1.91. The first kappa shape index (κ1) is 15.5. The molecule has 1 atom stereocenters. The lowest BCUT2D eigenvalue weighted by Crippen LogP contribution is -2.35. The molecule has 4 heteroatoms. The van der Waals surface area contributed by atoms with Crippen LogP contribution in [0, 0.1) is 17.8 Å². The van der Waals surface area contributed by atoms with Crippen LogP contribution in [-0.2, 0) is 0 Å². The molecule has 0 bridgehead atoms. The highest BCUT2D eigenvalue weighted by Crippen LogP contribution is 2.34. The molecule has 0 spiro atoms. The number of hydrogen-bond donors (Lipinski definition) is 2. The van der Waals surface area contributed by atoms with Crippen LogP contribution >= 0.6 is 0 Å². The van der Waals surface area contributed by atoms with Gasteiger partial charge in [0.2, 0.25) is 0 Å². The van der Waals surface area contributed by atoms with E-state index in [9.17, 15) is 4.79 Å². The summed E-state index contributed by atoms with van der Waals surface area (Å²) in [7, 11) is 0. The number of amides is 1. The predicted molar refractivity (Wildman–Crippen MR) is 81.7 cm³/mol. The largest absolute Gasteiger partial charge is 0.395 e. The van der Waals surface area contributed by atoms with Gasteiger partial charge in [0.05, 0.1) is 6.61 Å². The molecule has 1 heterocycles. The second kappa shape index (κ2) is 7.80. The maximum atomic E-state index is 12.1. The van der Waals surface area contributed by atoms with Crippen molar-refractivity contribution in [1.29, 1.82) is 0 Å². The molecule has 0 aromatic carbocycles. The summed E-state index contributed by atoms with van der Waals surface area (Å²) in [6.07, 6.45) is 6.67. The van der Waals surface area contributed by atoms with Crippen molar-refractivity contribution in [3.8, 4) is 11.8 Å². The second-order valence-electron chi connectivity index (χ2n) is 5.47. The summed E-state index contributed by atoms with van der Waals surface area (Å²) >= 11 is 0. The number of aliphatic hydroxyl groups is 1. The van der Waals surface area contributed by atoms with Crippen molar-refractivity contribution in [2.45, 2.75) is 45.1 Å². The fraction of sp³-hybridized carbons (Fsp3) is 0.529. The van der Waals surface area contributed by atoms with Gasteiger partial charge in [-0.2, -0.15) is 0 Å². The number of pyridine rings is 1. The fourth-order valence-electron chi connectivity index (χ4n) is 2.17. The van der Waals surface area contributed by atoms with E-state index in [1.807, 2.05) is 0 Å². The minimum atomic E-state index is -0.114. The Morgan fingerprint density at radius 1 is 1.52 bits per heavy atom. The molecule has 21 heavy (non-hydrogen) atoms. The molecule has 1 amide bonds. The molecule has 2 N–H and O–H groups in total. The van der Waals surface area contributed by atoms with Crippen LogP contribution in [0.1, 0.15) is 55.1 Å². The van der Waals surface area contributed by atoms with Gasteiger partial charge in [-0.25, -0.2) is 4.98 Å². The molecule has 2 rings (SSSR count). The minimum absolute atomic E-state index is 0.0559. The summed E-state index contributed by atoms with van der Waals surface area (Å²) in [5.41, 5.74) is 1.18. The number of carbonyl (C=O) groups is 1. The van der Waals surface area contributed by atoms with Crippen LogP contribution in [0.5, 0.6) is 0 Å². The van der Waals surface area contributed by atoms with Crippen molar-refractivity contribution in [3.63, 3.8) is 0 Å². The summed E-state index contributed by atoms with van der Waals surface area (Å²) in [6.45, 7) is 2.15. The summed E-state index contributed by atoms with van der Waals surface area (Å²) in [6, 6.07) is 3.73. The predicted octanol–water partition coefficient (Wildman–Crippen LogP) is 2.12. The first-order valence-electron chi connectivity index (χ1n) is 7.59. The fourth-order valence-corrected chi connectivity index (χ4v) is 2.17. The molecular formula is C17H22N2O2. The van der Waals surface area contributed by atoms with E-state index >= 15 is 0 Å². The molecular weight excluding hydrogens is 264 g/mol.